The molecule has 2 aromatic rings. The number of ketones is 1. The summed E-state index contributed by atoms with van der Waals surface area (Å²) in [6.07, 6.45) is 1.45. The fourth-order valence-electron chi connectivity index (χ4n) is 2.62. The van der Waals surface area contributed by atoms with Gasteiger partial charge in [0.15, 0.2) is 0 Å². The molecule has 3 rings (SSSR count). The van der Waals surface area contributed by atoms with E-state index in [0.717, 1.165) is 16.7 Å². The van der Waals surface area contributed by atoms with E-state index in [9.17, 15) is 13.2 Å². The molecule has 0 aromatic heterocycles. The van der Waals surface area contributed by atoms with E-state index in [1.54, 1.807) is 30.3 Å². The lowest BCUT2D eigenvalue weighted by Gasteiger charge is -2.16. The van der Waals surface area contributed by atoms with Crippen LogP contribution < -0.4 is 4.72 Å². The number of sulfonamides is 1. The summed E-state index contributed by atoms with van der Waals surface area (Å²) in [5.41, 5.74) is 3.15. The number of halogens is 1. The molecule has 0 atom stereocenters. The first kappa shape index (κ1) is 16.0. The summed E-state index contributed by atoms with van der Waals surface area (Å²) in [7, 11) is -3.68. The van der Waals surface area contributed by atoms with Gasteiger partial charge in [-0.25, -0.2) is 8.42 Å². The van der Waals surface area contributed by atoms with Crippen LogP contribution in [0.3, 0.4) is 0 Å². The molecule has 1 N–H and O–H groups in total. The van der Waals surface area contributed by atoms with Gasteiger partial charge >= 0.3 is 0 Å². The largest absolute Gasteiger partial charge is 0.299 e. The molecule has 0 unspecified atom stereocenters. The molecule has 120 valence electrons. The van der Waals surface area contributed by atoms with Crippen LogP contribution in [-0.2, 0) is 27.7 Å². The number of anilines is 1. The molecule has 0 amide bonds. The van der Waals surface area contributed by atoms with E-state index in [0.29, 0.717) is 30.0 Å². The Morgan fingerprint density at radius 2 is 1.83 bits per heavy atom. The van der Waals surface area contributed by atoms with Crippen molar-refractivity contribution in [1.82, 2.24) is 0 Å². The minimum absolute atomic E-state index is 0.195. The molecular weight excluding hydrogens is 334 g/mol. The predicted molar refractivity (Wildman–Crippen MR) is 90.5 cm³/mol. The van der Waals surface area contributed by atoms with Crippen molar-refractivity contribution in [3.63, 3.8) is 0 Å². The van der Waals surface area contributed by atoms with Crippen molar-refractivity contribution in [1.29, 1.82) is 0 Å². The quantitative estimate of drug-likeness (QED) is 0.922. The van der Waals surface area contributed by atoms with Gasteiger partial charge in [-0.3, -0.25) is 9.52 Å². The number of nitrogens with one attached hydrogen (secondary N) is 1. The van der Waals surface area contributed by atoms with Crippen LogP contribution in [0.4, 0.5) is 5.69 Å². The van der Waals surface area contributed by atoms with Crippen molar-refractivity contribution in [2.45, 2.75) is 31.1 Å². The number of aryl methyl sites for hydroxylation is 2. The molecule has 1 aliphatic rings. The lowest BCUT2D eigenvalue weighted by molar-refractivity contribution is -0.118. The fourth-order valence-corrected chi connectivity index (χ4v) is 3.90. The average Bonchev–Trinajstić information content (AvgIpc) is 2.50. The van der Waals surface area contributed by atoms with Crippen LogP contribution in [-0.4, -0.2) is 14.2 Å². The summed E-state index contributed by atoms with van der Waals surface area (Å²) in [5, 5.41) is 0.508. The Labute approximate surface area is 140 Å². The van der Waals surface area contributed by atoms with Crippen molar-refractivity contribution in [2.75, 3.05) is 4.72 Å². The Morgan fingerprint density at radius 3 is 2.57 bits per heavy atom. The van der Waals surface area contributed by atoms with Gasteiger partial charge < -0.3 is 0 Å². The van der Waals surface area contributed by atoms with Gasteiger partial charge in [0.2, 0.25) is 0 Å². The summed E-state index contributed by atoms with van der Waals surface area (Å²) in [4.78, 5) is 11.7. The highest BCUT2D eigenvalue weighted by Crippen LogP contribution is 2.25. The summed E-state index contributed by atoms with van der Waals surface area (Å²) < 4.78 is 27.6. The maximum absolute atomic E-state index is 12.5. The number of rotatable bonds is 3. The molecule has 1 aliphatic carbocycles. The normalized spacial score (nSPS) is 14.4. The summed E-state index contributed by atoms with van der Waals surface area (Å²) in [5.74, 6) is 0.195. The van der Waals surface area contributed by atoms with Gasteiger partial charge in [-0.2, -0.15) is 0 Å². The van der Waals surface area contributed by atoms with Gasteiger partial charge in [0.05, 0.1) is 10.6 Å². The Bertz CT molecular complexity index is 891. The van der Waals surface area contributed by atoms with Gasteiger partial charge in [-0.1, -0.05) is 23.7 Å². The van der Waals surface area contributed by atoms with E-state index in [2.05, 4.69) is 4.72 Å². The van der Waals surface area contributed by atoms with Crippen molar-refractivity contribution in [2.24, 2.45) is 0 Å². The van der Waals surface area contributed by atoms with E-state index in [-0.39, 0.29) is 10.7 Å². The van der Waals surface area contributed by atoms with Gasteiger partial charge in [0.1, 0.15) is 5.78 Å². The molecule has 2 aromatic carbocycles. The molecule has 0 aliphatic heterocycles. The van der Waals surface area contributed by atoms with E-state index in [1.165, 1.54) is 6.07 Å². The van der Waals surface area contributed by atoms with Crippen molar-refractivity contribution in [3.8, 4) is 0 Å². The minimum Gasteiger partial charge on any atom is -0.299 e. The van der Waals surface area contributed by atoms with E-state index >= 15 is 0 Å². The Balaban J connectivity index is 1.90. The third kappa shape index (κ3) is 3.41. The van der Waals surface area contributed by atoms with Crippen LogP contribution in [0.2, 0.25) is 5.02 Å². The first-order valence-electron chi connectivity index (χ1n) is 7.27. The zero-order chi connectivity index (χ0) is 16.6. The number of carbonyl (C=O) groups is 1. The molecule has 0 saturated heterocycles. The van der Waals surface area contributed by atoms with E-state index in [4.69, 9.17) is 11.6 Å². The highest BCUT2D eigenvalue weighted by atomic mass is 35.5. The second-order valence-corrected chi connectivity index (χ2v) is 7.81. The first-order valence-corrected chi connectivity index (χ1v) is 9.14. The van der Waals surface area contributed by atoms with Crippen LogP contribution in [0.15, 0.2) is 41.3 Å². The standard InChI is InChI=1S/C17H16ClNO3S/c1-11-2-5-14(10-17(11)18)19-23(21,22)16-7-4-12-8-15(20)6-3-13(12)9-16/h2,4-5,7,9-10,19H,3,6,8H2,1H3. The molecule has 0 spiro atoms. The third-order valence-electron chi connectivity index (χ3n) is 3.97. The van der Waals surface area contributed by atoms with Gasteiger partial charge in [-0.15, -0.1) is 0 Å². The molecule has 6 heteroatoms. The molecular formula is C17H16ClNO3S. The number of Topliss-reactive ketones (excluding diaryl/α,β-unsaturated/α-hetero) is 1. The van der Waals surface area contributed by atoms with Crippen molar-refractivity contribution in [3.05, 3.63) is 58.1 Å². The van der Waals surface area contributed by atoms with Crippen LogP contribution >= 0.6 is 11.6 Å². The lowest BCUT2D eigenvalue weighted by Crippen LogP contribution is -2.16. The Kier molecular flexibility index (Phi) is 4.17. The van der Waals surface area contributed by atoms with Crippen molar-refractivity contribution < 1.29 is 13.2 Å². The summed E-state index contributed by atoms with van der Waals surface area (Å²) in [6.45, 7) is 1.85. The first-order chi connectivity index (χ1) is 10.8. The molecule has 23 heavy (non-hydrogen) atoms. The highest BCUT2D eigenvalue weighted by Gasteiger charge is 2.20. The van der Waals surface area contributed by atoms with Crippen LogP contribution in [0.25, 0.3) is 0 Å². The predicted octanol–water partition coefficient (Wildman–Crippen LogP) is 3.51. The van der Waals surface area contributed by atoms with E-state index in [1.807, 2.05) is 6.92 Å². The summed E-state index contributed by atoms with van der Waals surface area (Å²) >= 11 is 6.03. The summed E-state index contributed by atoms with van der Waals surface area (Å²) in [6, 6.07) is 9.94. The molecule has 0 radical (unpaired) electrons. The van der Waals surface area contributed by atoms with Crippen molar-refractivity contribution >= 4 is 33.1 Å². The zero-order valence-electron chi connectivity index (χ0n) is 12.6. The minimum atomic E-state index is -3.68. The lowest BCUT2D eigenvalue weighted by atomic mass is 9.91. The van der Waals surface area contributed by atoms with Gasteiger partial charge in [0.25, 0.3) is 10.0 Å². The van der Waals surface area contributed by atoms with Crippen LogP contribution in [0, 0.1) is 6.92 Å². The topological polar surface area (TPSA) is 63.2 Å². The fraction of sp³-hybridized carbons (Fsp3) is 0.235. The maximum atomic E-state index is 12.5. The van der Waals surface area contributed by atoms with Crippen LogP contribution in [0.1, 0.15) is 23.1 Å². The van der Waals surface area contributed by atoms with Crippen LogP contribution in [0.5, 0.6) is 0 Å². The average molecular weight is 350 g/mol. The van der Waals surface area contributed by atoms with Gasteiger partial charge in [-0.05, 0) is 54.3 Å². The maximum Gasteiger partial charge on any atom is 0.261 e. The number of benzene rings is 2. The third-order valence-corrected chi connectivity index (χ3v) is 5.76. The molecule has 0 fully saturated rings. The highest BCUT2D eigenvalue weighted by molar-refractivity contribution is 7.92. The number of hydrogen-bond acceptors (Lipinski definition) is 3. The van der Waals surface area contributed by atoms with E-state index < -0.39 is 10.0 Å². The number of carbonyl (C=O) groups excluding carboxylic acids is 1. The number of fused-ring (bicyclic) bond motifs is 1. The Hall–Kier alpha value is -1.85. The van der Waals surface area contributed by atoms with Gasteiger partial charge in [0, 0.05) is 17.9 Å². The second-order valence-electron chi connectivity index (χ2n) is 5.72. The SMILES string of the molecule is Cc1ccc(NS(=O)(=O)c2ccc3c(c2)CCC(=O)C3)cc1Cl. The second kappa shape index (κ2) is 5.98. The zero-order valence-corrected chi connectivity index (χ0v) is 14.2. The monoisotopic (exact) mass is 349 g/mol. The molecule has 0 heterocycles. The smallest absolute Gasteiger partial charge is 0.261 e. The number of hydrogen-bond donors (Lipinski definition) is 1. The molecule has 0 bridgehead atoms. The molecule has 0 saturated carbocycles. The molecule has 4 nitrogen and oxygen atoms in total. The Morgan fingerprint density at radius 1 is 1.04 bits per heavy atom.